The van der Waals surface area contributed by atoms with E-state index in [-0.39, 0.29) is 21.7 Å². The van der Waals surface area contributed by atoms with Gasteiger partial charge in [-0.2, -0.15) is 8.78 Å². The van der Waals surface area contributed by atoms with Gasteiger partial charge in [0.1, 0.15) is 17.1 Å². The lowest BCUT2D eigenvalue weighted by Crippen LogP contribution is -2.13. The van der Waals surface area contributed by atoms with E-state index in [2.05, 4.69) is 14.7 Å². The predicted octanol–water partition coefficient (Wildman–Crippen LogP) is 4.52. The van der Waals surface area contributed by atoms with Crippen LogP contribution in [0, 0.1) is 0 Å². The average molecular weight is 466 g/mol. The summed E-state index contributed by atoms with van der Waals surface area (Å²) < 4.78 is 65.4. The van der Waals surface area contributed by atoms with E-state index in [0.29, 0.717) is 22.5 Å². The van der Waals surface area contributed by atoms with Gasteiger partial charge in [0.15, 0.2) is 5.58 Å². The number of nitrogens with one attached hydrogen (secondary N) is 1. The van der Waals surface area contributed by atoms with E-state index in [1.54, 1.807) is 24.3 Å². The van der Waals surface area contributed by atoms with E-state index in [0.717, 1.165) is 16.3 Å². The lowest BCUT2D eigenvalue weighted by molar-refractivity contribution is 0.0677. The zero-order chi connectivity index (χ0) is 22.0. The van der Waals surface area contributed by atoms with E-state index < -0.39 is 16.6 Å². The molecule has 2 aromatic heterocycles. The molecule has 4 aromatic rings. The van der Waals surface area contributed by atoms with Crippen molar-refractivity contribution in [3.8, 4) is 5.75 Å². The Kier molecular flexibility index (Phi) is 5.83. The van der Waals surface area contributed by atoms with Crippen LogP contribution < -0.4 is 9.46 Å². The van der Waals surface area contributed by atoms with E-state index in [4.69, 9.17) is 9.15 Å². The van der Waals surface area contributed by atoms with E-state index >= 15 is 0 Å². The number of oxazole rings is 1. The third-order valence-corrected chi connectivity index (χ3v) is 6.47. The highest BCUT2D eigenvalue weighted by atomic mass is 32.2. The van der Waals surface area contributed by atoms with Crippen LogP contribution in [0.5, 0.6) is 5.75 Å². The van der Waals surface area contributed by atoms with Crippen molar-refractivity contribution in [2.24, 2.45) is 0 Å². The second kappa shape index (κ2) is 8.55. The molecule has 2 heterocycles. The average Bonchev–Trinajstić information content (AvgIpc) is 3.38. The Hall–Kier alpha value is -3.12. The minimum Gasteiger partial charge on any atom is -0.495 e. The zero-order valence-electron chi connectivity index (χ0n) is 16.0. The smallest absolute Gasteiger partial charge is 0.319 e. The number of aromatic nitrogens is 3. The van der Waals surface area contributed by atoms with Gasteiger partial charge in [0.25, 0.3) is 15.2 Å². The third kappa shape index (κ3) is 4.49. The molecule has 12 heteroatoms. The molecule has 8 nitrogen and oxygen atoms in total. The summed E-state index contributed by atoms with van der Waals surface area (Å²) in [5, 5.41) is 0.214. The van der Waals surface area contributed by atoms with Gasteiger partial charge in [-0.3, -0.25) is 9.29 Å². The van der Waals surface area contributed by atoms with Crippen LogP contribution in [0.25, 0.3) is 11.1 Å². The van der Waals surface area contributed by atoms with E-state index in [1.165, 1.54) is 37.7 Å². The molecule has 0 aliphatic rings. The summed E-state index contributed by atoms with van der Waals surface area (Å²) in [4.78, 5) is 8.15. The minimum atomic E-state index is -3.91. The van der Waals surface area contributed by atoms with Crippen LogP contribution in [0.3, 0.4) is 0 Å². The van der Waals surface area contributed by atoms with Gasteiger partial charge >= 0.3 is 6.55 Å². The van der Waals surface area contributed by atoms with Crippen LogP contribution in [-0.4, -0.2) is 30.1 Å². The number of sulfonamides is 1. The number of para-hydroxylation sites is 2. The summed E-state index contributed by atoms with van der Waals surface area (Å²) in [6.45, 7) is -2.69. The van der Waals surface area contributed by atoms with Crippen LogP contribution in [-0.2, 0) is 15.8 Å². The zero-order valence-corrected chi connectivity index (χ0v) is 17.7. The molecule has 0 radical (unpaired) electrons. The monoisotopic (exact) mass is 466 g/mol. The van der Waals surface area contributed by atoms with Gasteiger partial charge in [0.2, 0.25) is 0 Å². The molecular formula is C19H16F2N4O4S2. The predicted molar refractivity (Wildman–Crippen MR) is 111 cm³/mol. The molecule has 31 heavy (non-hydrogen) atoms. The lowest BCUT2D eigenvalue weighted by Gasteiger charge is -2.11. The number of halogens is 2. The highest BCUT2D eigenvalue weighted by Gasteiger charge is 2.19. The second-order valence-electron chi connectivity index (χ2n) is 6.23. The molecule has 0 bridgehead atoms. The molecule has 0 unspecified atom stereocenters. The van der Waals surface area contributed by atoms with Crippen LogP contribution in [0.4, 0.5) is 14.5 Å². The Morgan fingerprint density at radius 3 is 2.84 bits per heavy atom. The fourth-order valence-electron chi connectivity index (χ4n) is 2.81. The molecule has 4 rings (SSSR count). The van der Waals surface area contributed by atoms with Crippen LogP contribution in [0.2, 0.25) is 0 Å². The molecule has 1 N–H and O–H groups in total. The van der Waals surface area contributed by atoms with Crippen molar-refractivity contribution < 1.29 is 26.4 Å². The second-order valence-corrected chi connectivity index (χ2v) is 8.84. The topological polar surface area (TPSA) is 99.2 Å². The quantitative estimate of drug-likeness (QED) is 0.381. The number of anilines is 1. The summed E-state index contributed by atoms with van der Waals surface area (Å²) in [5.74, 6) is 0.672. The number of fused-ring (bicyclic) bond motifs is 1. The molecule has 0 aliphatic heterocycles. The first-order valence-corrected chi connectivity index (χ1v) is 11.3. The number of nitrogens with zero attached hydrogens (tertiary/aromatic N) is 3. The number of rotatable bonds is 8. The van der Waals surface area contributed by atoms with Crippen molar-refractivity contribution in [2.45, 2.75) is 22.4 Å². The van der Waals surface area contributed by atoms with Crippen molar-refractivity contribution in [3.05, 3.63) is 60.7 Å². The highest BCUT2D eigenvalue weighted by Crippen LogP contribution is 2.30. The minimum absolute atomic E-state index is 0.0102. The maximum Gasteiger partial charge on any atom is 0.319 e. The van der Waals surface area contributed by atoms with Crippen molar-refractivity contribution in [1.82, 2.24) is 14.5 Å². The van der Waals surface area contributed by atoms with Crippen molar-refractivity contribution in [2.75, 3.05) is 11.8 Å². The lowest BCUT2D eigenvalue weighted by atomic mass is 10.3. The first-order valence-electron chi connectivity index (χ1n) is 8.86. The van der Waals surface area contributed by atoms with Gasteiger partial charge < -0.3 is 9.15 Å². The summed E-state index contributed by atoms with van der Waals surface area (Å²) >= 11 is 1.08. The number of hydrogen-bond donors (Lipinski definition) is 1. The van der Waals surface area contributed by atoms with Gasteiger partial charge in [-0.05, 0) is 30.3 Å². The van der Waals surface area contributed by atoms with Crippen LogP contribution in [0.15, 0.2) is 69.4 Å². The van der Waals surface area contributed by atoms with Crippen LogP contribution >= 0.6 is 11.8 Å². The molecule has 162 valence electrons. The number of benzene rings is 2. The Morgan fingerprint density at radius 1 is 1.26 bits per heavy atom. The van der Waals surface area contributed by atoms with E-state index in [9.17, 15) is 17.2 Å². The molecule has 0 spiro atoms. The fourth-order valence-corrected chi connectivity index (χ4v) is 4.69. The van der Waals surface area contributed by atoms with Gasteiger partial charge in [-0.25, -0.2) is 18.4 Å². The molecule has 2 aromatic carbocycles. The molecule has 0 saturated heterocycles. The SMILES string of the molecule is COc1ccccc1NS(=O)(=O)c1ccc2oc(SCc3nccn3C(F)F)nc2c1. The van der Waals surface area contributed by atoms with E-state index in [1.807, 2.05) is 0 Å². The van der Waals surface area contributed by atoms with Crippen molar-refractivity contribution in [3.63, 3.8) is 0 Å². The summed E-state index contributed by atoms with van der Waals surface area (Å²) in [5.41, 5.74) is 0.995. The third-order valence-electron chi connectivity index (χ3n) is 4.28. The van der Waals surface area contributed by atoms with Crippen molar-refractivity contribution >= 4 is 38.6 Å². The molecular weight excluding hydrogens is 450 g/mol. The molecule has 0 fully saturated rings. The fraction of sp³-hybridized carbons (Fsp3) is 0.158. The standard InChI is InChI=1S/C19H16F2N4O4S2/c1-28-15-5-3-2-4-13(15)24-31(26,27)12-6-7-16-14(10-12)23-19(29-16)30-11-17-22-8-9-25(17)18(20)21/h2-10,18,24H,11H2,1H3. The number of hydrogen-bond acceptors (Lipinski definition) is 7. The molecule has 0 aliphatic carbocycles. The largest absolute Gasteiger partial charge is 0.495 e. The Labute approximate surface area is 180 Å². The maximum absolute atomic E-state index is 12.9. The van der Waals surface area contributed by atoms with Gasteiger partial charge in [-0.1, -0.05) is 23.9 Å². The normalized spacial score (nSPS) is 11.9. The number of methoxy groups -OCH3 is 1. The number of imidazole rings is 1. The Bertz CT molecular complexity index is 1320. The molecule has 0 atom stereocenters. The number of ether oxygens (including phenoxy) is 1. The van der Waals surface area contributed by atoms with Gasteiger partial charge in [-0.15, -0.1) is 0 Å². The van der Waals surface area contributed by atoms with Gasteiger partial charge in [0.05, 0.1) is 23.4 Å². The number of alkyl halides is 2. The maximum atomic E-state index is 12.9. The Morgan fingerprint density at radius 2 is 2.06 bits per heavy atom. The first kappa shape index (κ1) is 21.1. The van der Waals surface area contributed by atoms with Crippen molar-refractivity contribution in [1.29, 1.82) is 0 Å². The highest BCUT2D eigenvalue weighted by molar-refractivity contribution is 7.98. The van der Waals surface area contributed by atoms with Crippen LogP contribution in [0.1, 0.15) is 12.4 Å². The summed E-state index contributed by atoms with van der Waals surface area (Å²) in [7, 11) is -2.46. The Balaban J connectivity index is 1.55. The number of thioether (sulfide) groups is 1. The molecule has 0 saturated carbocycles. The summed E-state index contributed by atoms with van der Waals surface area (Å²) in [6.07, 6.45) is 2.48. The molecule has 0 amide bonds. The summed E-state index contributed by atoms with van der Waals surface area (Å²) in [6, 6.07) is 10.9. The van der Waals surface area contributed by atoms with Gasteiger partial charge in [0, 0.05) is 12.4 Å². The first-order chi connectivity index (χ1) is 14.9.